The number of nitrogens with zero attached hydrogens (tertiary/aromatic N) is 5. The second-order valence-electron chi connectivity index (χ2n) is 7.29. The lowest BCUT2D eigenvalue weighted by atomic mass is 10.1. The zero-order valence-corrected chi connectivity index (χ0v) is 16.5. The molecule has 2 aromatic heterocycles. The molecule has 0 bridgehead atoms. The van der Waals surface area contributed by atoms with E-state index in [4.69, 9.17) is 21.3 Å². The summed E-state index contributed by atoms with van der Waals surface area (Å²) in [5.74, 6) is 1.37. The van der Waals surface area contributed by atoms with Crippen LogP contribution in [0.4, 0.5) is 11.8 Å². The predicted octanol–water partition coefficient (Wildman–Crippen LogP) is 1.70. The van der Waals surface area contributed by atoms with Crippen molar-refractivity contribution in [3.05, 3.63) is 38.7 Å². The second kappa shape index (κ2) is 7.09. The lowest BCUT2D eigenvalue weighted by molar-refractivity contribution is -0.00575. The lowest BCUT2D eigenvalue weighted by Crippen LogP contribution is -2.47. The number of aryl methyl sites for hydroxylation is 1. The number of fused-ring (bicyclic) bond motifs is 1. The lowest BCUT2D eigenvalue weighted by Gasteiger charge is -2.36. The number of rotatable bonds is 2. The van der Waals surface area contributed by atoms with Gasteiger partial charge in [-0.1, -0.05) is 0 Å². The maximum atomic E-state index is 12.6. The van der Waals surface area contributed by atoms with Crippen molar-refractivity contribution in [2.45, 2.75) is 45.9 Å². The zero-order chi connectivity index (χ0) is 19.1. The standard InChI is InChI=1S/C18H23ClN6O2/c1-10-6-15(22-17(19)20-10)24-5-4-13-14(9-24)21-18(23-16(13)26)25-7-11(2)27-12(3)8-25/h6,11-12H,4-5,7-9H2,1-3H3,(H,21,23,26). The molecule has 27 heavy (non-hydrogen) atoms. The Hall–Kier alpha value is -2.19. The van der Waals surface area contributed by atoms with Crippen LogP contribution in [0.25, 0.3) is 0 Å². The minimum atomic E-state index is -0.0571. The summed E-state index contributed by atoms with van der Waals surface area (Å²) in [6.07, 6.45) is 0.810. The van der Waals surface area contributed by atoms with E-state index in [0.29, 0.717) is 38.5 Å². The van der Waals surface area contributed by atoms with Gasteiger partial charge in [0.25, 0.3) is 5.56 Å². The van der Waals surface area contributed by atoms with Crippen molar-refractivity contribution < 1.29 is 4.74 Å². The molecule has 2 aliphatic rings. The Kier molecular flexibility index (Phi) is 4.77. The van der Waals surface area contributed by atoms with Gasteiger partial charge in [0.2, 0.25) is 11.2 Å². The molecule has 1 saturated heterocycles. The van der Waals surface area contributed by atoms with Crippen LogP contribution in [0.3, 0.4) is 0 Å². The number of ether oxygens (including phenoxy) is 1. The first-order chi connectivity index (χ1) is 12.9. The molecule has 1 N–H and O–H groups in total. The van der Waals surface area contributed by atoms with Crippen molar-refractivity contribution in [3.63, 3.8) is 0 Å². The second-order valence-corrected chi connectivity index (χ2v) is 7.62. The van der Waals surface area contributed by atoms with Crippen molar-refractivity contribution in [2.75, 3.05) is 29.4 Å². The van der Waals surface area contributed by atoms with E-state index >= 15 is 0 Å². The Balaban J connectivity index is 1.64. The number of aromatic amines is 1. The van der Waals surface area contributed by atoms with Crippen molar-refractivity contribution in [1.82, 2.24) is 19.9 Å². The van der Waals surface area contributed by atoms with Gasteiger partial charge in [0.1, 0.15) is 5.82 Å². The van der Waals surface area contributed by atoms with Crippen LogP contribution in [-0.4, -0.2) is 51.8 Å². The van der Waals surface area contributed by atoms with E-state index in [1.54, 1.807) is 0 Å². The minimum absolute atomic E-state index is 0.0571. The largest absolute Gasteiger partial charge is 0.372 e. The van der Waals surface area contributed by atoms with Gasteiger partial charge in [0.05, 0.1) is 24.4 Å². The number of halogens is 1. The summed E-state index contributed by atoms with van der Waals surface area (Å²) in [6, 6.07) is 1.90. The molecule has 1 fully saturated rings. The van der Waals surface area contributed by atoms with Gasteiger partial charge in [-0.25, -0.2) is 15.0 Å². The average molecular weight is 391 g/mol. The first-order valence-corrected chi connectivity index (χ1v) is 9.55. The van der Waals surface area contributed by atoms with Gasteiger partial charge in [-0.2, -0.15) is 0 Å². The molecular weight excluding hydrogens is 368 g/mol. The van der Waals surface area contributed by atoms with Gasteiger partial charge in [-0.05, 0) is 38.8 Å². The molecule has 8 nitrogen and oxygen atoms in total. The van der Waals surface area contributed by atoms with Crippen LogP contribution in [0.2, 0.25) is 5.28 Å². The van der Waals surface area contributed by atoms with Gasteiger partial charge in [-0.15, -0.1) is 0 Å². The Morgan fingerprint density at radius 3 is 2.63 bits per heavy atom. The molecule has 2 aliphatic heterocycles. The third kappa shape index (κ3) is 3.77. The highest BCUT2D eigenvalue weighted by atomic mass is 35.5. The summed E-state index contributed by atoms with van der Waals surface area (Å²) in [5.41, 5.74) is 2.30. The Morgan fingerprint density at radius 2 is 1.93 bits per heavy atom. The molecule has 0 aliphatic carbocycles. The number of aromatic nitrogens is 4. The Morgan fingerprint density at radius 1 is 1.19 bits per heavy atom. The minimum Gasteiger partial charge on any atom is -0.372 e. The maximum Gasteiger partial charge on any atom is 0.255 e. The van der Waals surface area contributed by atoms with Crippen LogP contribution < -0.4 is 15.4 Å². The third-order valence-corrected chi connectivity index (χ3v) is 5.09. The van der Waals surface area contributed by atoms with Crippen LogP contribution in [0.5, 0.6) is 0 Å². The summed E-state index contributed by atoms with van der Waals surface area (Å²) in [5, 5.41) is 0.228. The fourth-order valence-corrected chi connectivity index (χ4v) is 4.02. The van der Waals surface area contributed by atoms with E-state index < -0.39 is 0 Å². The van der Waals surface area contributed by atoms with E-state index in [1.807, 2.05) is 26.8 Å². The molecule has 0 amide bonds. The first kappa shape index (κ1) is 18.2. The molecule has 0 radical (unpaired) electrons. The average Bonchev–Trinajstić information content (AvgIpc) is 2.59. The molecule has 144 valence electrons. The van der Waals surface area contributed by atoms with Gasteiger partial charge in [0.15, 0.2) is 0 Å². The monoisotopic (exact) mass is 390 g/mol. The number of morpholine rings is 1. The van der Waals surface area contributed by atoms with Gasteiger partial charge < -0.3 is 14.5 Å². The van der Waals surface area contributed by atoms with Crippen LogP contribution >= 0.6 is 11.6 Å². The number of hydrogen-bond acceptors (Lipinski definition) is 7. The molecule has 9 heteroatoms. The van der Waals surface area contributed by atoms with Crippen molar-refractivity contribution in [3.8, 4) is 0 Å². The van der Waals surface area contributed by atoms with Crippen LogP contribution in [0.1, 0.15) is 30.8 Å². The number of hydrogen-bond donors (Lipinski definition) is 1. The van der Waals surface area contributed by atoms with Crippen LogP contribution in [0, 0.1) is 6.92 Å². The molecule has 4 heterocycles. The smallest absolute Gasteiger partial charge is 0.255 e. The maximum absolute atomic E-state index is 12.6. The SMILES string of the molecule is Cc1cc(N2CCc3c(nc(N4CC(C)OC(C)C4)[nH]c3=O)C2)nc(Cl)n1. The van der Waals surface area contributed by atoms with Crippen LogP contribution in [-0.2, 0) is 17.7 Å². The van der Waals surface area contributed by atoms with E-state index in [-0.39, 0.29) is 23.1 Å². The van der Waals surface area contributed by atoms with Crippen molar-refractivity contribution in [2.24, 2.45) is 0 Å². The van der Waals surface area contributed by atoms with Crippen molar-refractivity contribution in [1.29, 1.82) is 0 Å². The van der Waals surface area contributed by atoms with Gasteiger partial charge in [0, 0.05) is 37.0 Å². The number of anilines is 2. The van der Waals surface area contributed by atoms with E-state index in [1.165, 1.54) is 0 Å². The summed E-state index contributed by atoms with van der Waals surface area (Å²) in [6.45, 7) is 8.57. The van der Waals surface area contributed by atoms with Gasteiger partial charge in [-0.3, -0.25) is 9.78 Å². The number of nitrogens with one attached hydrogen (secondary N) is 1. The highest BCUT2D eigenvalue weighted by Gasteiger charge is 2.27. The fraction of sp³-hybridized carbons (Fsp3) is 0.556. The fourth-order valence-electron chi connectivity index (χ4n) is 3.80. The molecule has 2 atom stereocenters. The summed E-state index contributed by atoms with van der Waals surface area (Å²) < 4.78 is 5.78. The molecule has 2 unspecified atom stereocenters. The first-order valence-electron chi connectivity index (χ1n) is 9.17. The summed E-state index contributed by atoms with van der Waals surface area (Å²) in [7, 11) is 0. The van der Waals surface area contributed by atoms with Gasteiger partial charge >= 0.3 is 0 Å². The quantitative estimate of drug-likeness (QED) is 0.781. The van der Waals surface area contributed by atoms with Crippen molar-refractivity contribution >= 4 is 23.4 Å². The molecular formula is C18H23ClN6O2. The van der Waals surface area contributed by atoms with E-state index in [2.05, 4.69) is 24.8 Å². The normalized spacial score (nSPS) is 22.7. The van der Waals surface area contributed by atoms with E-state index in [0.717, 1.165) is 22.8 Å². The third-order valence-electron chi connectivity index (χ3n) is 4.92. The number of H-pyrrole nitrogens is 1. The topological polar surface area (TPSA) is 87.2 Å². The highest BCUT2D eigenvalue weighted by molar-refractivity contribution is 6.28. The Bertz CT molecular complexity index is 887. The molecule has 2 aromatic rings. The molecule has 0 aromatic carbocycles. The zero-order valence-electron chi connectivity index (χ0n) is 15.7. The Labute approximate surface area is 162 Å². The predicted molar refractivity (Wildman–Crippen MR) is 104 cm³/mol. The van der Waals surface area contributed by atoms with E-state index in [9.17, 15) is 4.79 Å². The highest BCUT2D eigenvalue weighted by Crippen LogP contribution is 2.23. The van der Waals surface area contributed by atoms with Crippen LogP contribution in [0.15, 0.2) is 10.9 Å². The molecule has 0 spiro atoms. The summed E-state index contributed by atoms with van der Waals surface area (Å²) in [4.78, 5) is 33.0. The molecule has 4 rings (SSSR count). The molecule has 0 saturated carbocycles. The summed E-state index contributed by atoms with van der Waals surface area (Å²) >= 11 is 6.01.